The second-order valence-electron chi connectivity index (χ2n) is 2.06. The normalized spacial score (nSPS) is 6.60. The first-order chi connectivity index (χ1) is 3.41. The van der Waals surface area contributed by atoms with E-state index in [2.05, 4.69) is 13.8 Å². The number of hydrogen-bond donors (Lipinski definition) is 0. The summed E-state index contributed by atoms with van der Waals surface area (Å²) in [6, 6.07) is 0. The molecule has 0 aliphatic carbocycles. The summed E-state index contributed by atoms with van der Waals surface area (Å²) in [5, 5.41) is 0. The Bertz CT molecular complexity index is 23.9. The first-order valence-corrected chi connectivity index (χ1v) is 3.41. The van der Waals surface area contributed by atoms with Gasteiger partial charge in [0.2, 0.25) is 0 Å². The van der Waals surface area contributed by atoms with Crippen LogP contribution in [0.25, 0.3) is 0 Å². The molecule has 60 valence electrons. The van der Waals surface area contributed by atoms with Gasteiger partial charge >= 0.3 is 27.3 Å². The van der Waals surface area contributed by atoms with Crippen LogP contribution in [-0.2, 0) is 27.3 Å². The second-order valence-corrected chi connectivity index (χ2v) is 2.06. The standard InChI is InChI=1S/C7H16.2CH3.Cd/c1-3-5-7-6-4-2;;;/h3-7H2,1-2H3;2*1H3;/q;2*-1;+2. The quantitative estimate of drug-likeness (QED) is 0.399. The summed E-state index contributed by atoms with van der Waals surface area (Å²) in [6.45, 7) is 4.49. The largest absolute Gasteiger partial charge is 2.00 e. The van der Waals surface area contributed by atoms with Crippen molar-refractivity contribution in [3.05, 3.63) is 14.9 Å². The molecule has 0 heterocycles. The molecule has 0 aliphatic heterocycles. The number of hydrogen-bond acceptors (Lipinski definition) is 0. The van der Waals surface area contributed by atoms with Crippen molar-refractivity contribution >= 4 is 0 Å². The third-order valence-electron chi connectivity index (χ3n) is 1.21. The number of unbranched alkanes of at least 4 members (excludes halogenated alkanes) is 4. The van der Waals surface area contributed by atoms with Crippen molar-refractivity contribution in [3.63, 3.8) is 0 Å². The summed E-state index contributed by atoms with van der Waals surface area (Å²) in [4.78, 5) is 0. The van der Waals surface area contributed by atoms with Gasteiger partial charge in [-0.2, -0.15) is 0 Å². The van der Waals surface area contributed by atoms with E-state index in [9.17, 15) is 0 Å². The van der Waals surface area contributed by atoms with Gasteiger partial charge in [-0.1, -0.05) is 46.0 Å². The maximum absolute atomic E-state index is 2.25. The van der Waals surface area contributed by atoms with Crippen LogP contribution in [-0.4, -0.2) is 0 Å². The molecule has 0 saturated carbocycles. The molecule has 0 atom stereocenters. The second kappa shape index (κ2) is 22.5. The van der Waals surface area contributed by atoms with Crippen LogP contribution in [0.3, 0.4) is 0 Å². The maximum Gasteiger partial charge on any atom is 2.00 e. The Morgan fingerprint density at radius 2 is 1.00 bits per heavy atom. The van der Waals surface area contributed by atoms with Gasteiger partial charge in [0.05, 0.1) is 0 Å². The maximum atomic E-state index is 2.25. The fourth-order valence-electron chi connectivity index (χ4n) is 0.677. The van der Waals surface area contributed by atoms with Gasteiger partial charge in [-0.05, 0) is 0 Å². The van der Waals surface area contributed by atoms with E-state index in [4.69, 9.17) is 0 Å². The monoisotopic (exact) mass is 244 g/mol. The summed E-state index contributed by atoms with van der Waals surface area (Å²) >= 11 is 0. The van der Waals surface area contributed by atoms with E-state index in [1.165, 1.54) is 32.1 Å². The molecule has 0 aromatic rings. The molecule has 0 unspecified atom stereocenters. The first kappa shape index (κ1) is 22.4. The van der Waals surface area contributed by atoms with Crippen molar-refractivity contribution in [2.45, 2.75) is 46.0 Å². The minimum Gasteiger partial charge on any atom is -0.358 e. The smallest absolute Gasteiger partial charge is 0.358 e. The summed E-state index contributed by atoms with van der Waals surface area (Å²) in [5.41, 5.74) is 0. The molecule has 0 amide bonds. The summed E-state index contributed by atoms with van der Waals surface area (Å²) in [6.07, 6.45) is 7.01. The zero-order valence-corrected chi connectivity index (χ0v) is 12.3. The van der Waals surface area contributed by atoms with E-state index < -0.39 is 0 Å². The first-order valence-electron chi connectivity index (χ1n) is 3.41. The van der Waals surface area contributed by atoms with Gasteiger partial charge in [-0.25, -0.2) is 0 Å². The van der Waals surface area contributed by atoms with Crippen molar-refractivity contribution in [3.8, 4) is 0 Å². The Balaban J connectivity index is -0.0000000600. The average molecular weight is 243 g/mol. The average Bonchev–Trinajstić information content (AvgIpc) is 1.69. The van der Waals surface area contributed by atoms with E-state index in [1.54, 1.807) is 0 Å². The molecule has 10 heavy (non-hydrogen) atoms. The van der Waals surface area contributed by atoms with E-state index in [0.717, 1.165) is 0 Å². The van der Waals surface area contributed by atoms with E-state index in [0.29, 0.717) is 0 Å². The number of rotatable bonds is 4. The van der Waals surface area contributed by atoms with Crippen molar-refractivity contribution in [1.29, 1.82) is 0 Å². The summed E-state index contributed by atoms with van der Waals surface area (Å²) < 4.78 is 0. The van der Waals surface area contributed by atoms with Crippen LogP contribution in [0.15, 0.2) is 0 Å². The van der Waals surface area contributed by atoms with Crippen LogP contribution in [0.2, 0.25) is 0 Å². The molecular weight excluding hydrogens is 221 g/mol. The van der Waals surface area contributed by atoms with Gasteiger partial charge in [0, 0.05) is 0 Å². The molecule has 0 spiro atoms. The van der Waals surface area contributed by atoms with E-state index in [1.807, 2.05) is 0 Å². The predicted octanol–water partition coefficient (Wildman–Crippen LogP) is 3.87. The molecule has 0 rings (SSSR count). The summed E-state index contributed by atoms with van der Waals surface area (Å²) in [7, 11) is 0. The zero-order valence-electron chi connectivity index (χ0n) is 8.24. The Morgan fingerprint density at radius 1 is 0.700 bits per heavy atom. The predicted molar refractivity (Wildman–Crippen MR) is 47.3 cm³/mol. The van der Waals surface area contributed by atoms with Gasteiger partial charge in [0.25, 0.3) is 0 Å². The molecule has 0 fully saturated rings. The molecule has 0 radical (unpaired) electrons. The minimum absolute atomic E-state index is 0. The third-order valence-corrected chi connectivity index (χ3v) is 1.21. The molecule has 0 nitrogen and oxygen atoms in total. The van der Waals surface area contributed by atoms with Gasteiger partial charge < -0.3 is 14.9 Å². The molecule has 0 aliphatic rings. The fraction of sp³-hybridized carbons (Fsp3) is 0.778. The molecule has 0 aromatic heterocycles. The Kier molecular flexibility index (Phi) is 50.5. The Hall–Kier alpha value is 0.922. The zero-order chi connectivity index (χ0) is 5.54. The topological polar surface area (TPSA) is 0 Å². The van der Waals surface area contributed by atoms with Gasteiger partial charge in [0.1, 0.15) is 0 Å². The van der Waals surface area contributed by atoms with Crippen LogP contribution in [0.4, 0.5) is 0 Å². The Labute approximate surface area is 88.0 Å². The molecular formula is C9H22Cd. The minimum atomic E-state index is 0. The van der Waals surface area contributed by atoms with Gasteiger partial charge in [-0.15, -0.1) is 0 Å². The molecule has 0 aromatic carbocycles. The van der Waals surface area contributed by atoms with Crippen molar-refractivity contribution in [2.75, 3.05) is 0 Å². The van der Waals surface area contributed by atoms with Gasteiger partial charge in [-0.3, -0.25) is 0 Å². The van der Waals surface area contributed by atoms with Crippen molar-refractivity contribution in [1.82, 2.24) is 0 Å². The van der Waals surface area contributed by atoms with Crippen LogP contribution < -0.4 is 0 Å². The van der Waals surface area contributed by atoms with Crippen LogP contribution in [0, 0.1) is 14.9 Å². The molecule has 0 saturated heterocycles. The molecule has 0 N–H and O–H groups in total. The fourth-order valence-corrected chi connectivity index (χ4v) is 0.677. The van der Waals surface area contributed by atoms with Crippen molar-refractivity contribution in [2.24, 2.45) is 0 Å². The molecule has 1 heteroatoms. The van der Waals surface area contributed by atoms with Gasteiger partial charge in [0.15, 0.2) is 0 Å². The summed E-state index contributed by atoms with van der Waals surface area (Å²) in [5.74, 6) is 0. The Morgan fingerprint density at radius 3 is 1.20 bits per heavy atom. The van der Waals surface area contributed by atoms with E-state index in [-0.39, 0.29) is 42.2 Å². The van der Waals surface area contributed by atoms with E-state index >= 15 is 0 Å². The van der Waals surface area contributed by atoms with Crippen molar-refractivity contribution < 1.29 is 27.3 Å². The van der Waals surface area contributed by atoms with Crippen LogP contribution >= 0.6 is 0 Å². The van der Waals surface area contributed by atoms with Crippen LogP contribution in [0.1, 0.15) is 46.0 Å². The van der Waals surface area contributed by atoms with Crippen LogP contribution in [0.5, 0.6) is 0 Å². The molecule has 0 bridgehead atoms. The SMILES string of the molecule is CCCCCCC.[CH3-].[CH3-].[Cd+2]. The third kappa shape index (κ3) is 23.1.